The highest BCUT2D eigenvalue weighted by atomic mass is 32.2. The lowest BCUT2D eigenvalue weighted by atomic mass is 10.1. The number of esters is 1. The van der Waals surface area contributed by atoms with Crippen molar-refractivity contribution < 1.29 is 23.1 Å². The molecule has 2 aromatic carbocycles. The molecule has 0 aliphatic heterocycles. The van der Waals surface area contributed by atoms with Gasteiger partial charge in [0.05, 0.1) is 0 Å². The molecule has 0 radical (unpaired) electrons. The van der Waals surface area contributed by atoms with Crippen molar-refractivity contribution in [2.45, 2.75) is 17.6 Å². The van der Waals surface area contributed by atoms with Gasteiger partial charge in [0.25, 0.3) is 11.7 Å². The highest BCUT2D eigenvalue weighted by Gasteiger charge is 2.08. The molecule has 0 aromatic heterocycles. The van der Waals surface area contributed by atoms with E-state index in [9.17, 15) is 18.4 Å². The van der Waals surface area contributed by atoms with Gasteiger partial charge in [0.2, 0.25) is 0 Å². The molecule has 136 valence electrons. The lowest BCUT2D eigenvalue weighted by Gasteiger charge is -2.06. The quantitative estimate of drug-likeness (QED) is 0.438. The number of anilines is 1. The first-order valence-electron chi connectivity index (χ1n) is 7.68. The fourth-order valence-corrected chi connectivity index (χ4v) is 2.54. The molecular weight excluding hydrogens is 360 g/mol. The monoisotopic (exact) mass is 377 g/mol. The topological polar surface area (TPSA) is 55.4 Å². The second-order valence-corrected chi connectivity index (χ2v) is 6.37. The van der Waals surface area contributed by atoms with Crippen LogP contribution in [0, 0.1) is 6.92 Å². The number of carbonyl (C=O) groups is 2. The van der Waals surface area contributed by atoms with E-state index in [1.54, 1.807) is 6.08 Å². The van der Waals surface area contributed by atoms with E-state index in [1.165, 1.54) is 30.3 Å². The Bertz CT molecular complexity index is 792. The van der Waals surface area contributed by atoms with Gasteiger partial charge in [-0.3, -0.25) is 4.79 Å². The number of aryl methyl sites for hydroxylation is 1. The van der Waals surface area contributed by atoms with E-state index in [4.69, 9.17) is 4.74 Å². The molecule has 1 N–H and O–H groups in total. The summed E-state index contributed by atoms with van der Waals surface area (Å²) in [6.07, 6.45) is 2.85. The van der Waals surface area contributed by atoms with Gasteiger partial charge in [0.15, 0.2) is 6.61 Å². The van der Waals surface area contributed by atoms with Gasteiger partial charge in [-0.2, -0.15) is 8.78 Å². The van der Waals surface area contributed by atoms with Gasteiger partial charge in [-0.25, -0.2) is 4.79 Å². The van der Waals surface area contributed by atoms with Gasteiger partial charge < -0.3 is 10.1 Å². The number of halogens is 2. The molecule has 0 spiro atoms. The second-order valence-electron chi connectivity index (χ2n) is 5.31. The maximum Gasteiger partial charge on any atom is 0.331 e. The largest absolute Gasteiger partial charge is 0.452 e. The third-order valence-electron chi connectivity index (χ3n) is 3.16. The van der Waals surface area contributed by atoms with Gasteiger partial charge in [-0.15, -0.1) is 0 Å². The van der Waals surface area contributed by atoms with Crippen LogP contribution in [-0.4, -0.2) is 24.2 Å². The Morgan fingerprint density at radius 1 is 1.19 bits per heavy atom. The molecule has 0 heterocycles. The summed E-state index contributed by atoms with van der Waals surface area (Å²) in [5.41, 5.74) is 2.35. The van der Waals surface area contributed by atoms with Crippen molar-refractivity contribution in [1.29, 1.82) is 0 Å². The Kier molecular flexibility index (Phi) is 7.35. The molecule has 0 saturated carbocycles. The number of rotatable bonds is 7. The number of thioether (sulfide) groups is 1. The van der Waals surface area contributed by atoms with E-state index in [-0.39, 0.29) is 0 Å². The molecule has 0 atom stereocenters. The van der Waals surface area contributed by atoms with Crippen LogP contribution in [-0.2, 0) is 14.3 Å². The van der Waals surface area contributed by atoms with Crippen molar-refractivity contribution in [2.24, 2.45) is 0 Å². The molecule has 0 fully saturated rings. The van der Waals surface area contributed by atoms with Crippen molar-refractivity contribution in [3.05, 3.63) is 65.7 Å². The molecule has 0 saturated heterocycles. The smallest absolute Gasteiger partial charge is 0.331 e. The van der Waals surface area contributed by atoms with Crippen LogP contribution in [0.1, 0.15) is 11.1 Å². The lowest BCUT2D eigenvalue weighted by Crippen LogP contribution is -2.20. The molecule has 2 rings (SSSR count). The summed E-state index contributed by atoms with van der Waals surface area (Å²) >= 11 is 0.422. The summed E-state index contributed by atoms with van der Waals surface area (Å²) in [6, 6.07) is 13.5. The van der Waals surface area contributed by atoms with Crippen LogP contribution in [0.5, 0.6) is 0 Å². The van der Waals surface area contributed by atoms with Gasteiger partial charge in [0, 0.05) is 16.7 Å². The number of alkyl halides is 2. The number of ether oxygens (including phenoxy) is 1. The summed E-state index contributed by atoms with van der Waals surface area (Å²) in [5.74, 6) is -3.65. The van der Waals surface area contributed by atoms with Crippen molar-refractivity contribution in [3.63, 3.8) is 0 Å². The number of benzene rings is 2. The highest BCUT2D eigenvalue weighted by Crippen LogP contribution is 2.26. The molecule has 0 unspecified atom stereocenters. The minimum Gasteiger partial charge on any atom is -0.452 e. The predicted molar refractivity (Wildman–Crippen MR) is 98.1 cm³/mol. The van der Waals surface area contributed by atoms with E-state index < -0.39 is 24.2 Å². The highest BCUT2D eigenvalue weighted by molar-refractivity contribution is 7.99. The molecular formula is C19H17F2NO3S. The number of amides is 1. The normalized spacial score (nSPS) is 10.9. The van der Waals surface area contributed by atoms with Gasteiger partial charge in [0.1, 0.15) is 0 Å². The fraction of sp³-hybridized carbons (Fsp3) is 0.158. The summed E-state index contributed by atoms with van der Waals surface area (Å²) in [6.45, 7) is 1.50. The predicted octanol–water partition coefficient (Wildman–Crippen LogP) is 4.50. The van der Waals surface area contributed by atoms with Crippen LogP contribution in [0.3, 0.4) is 0 Å². The molecule has 26 heavy (non-hydrogen) atoms. The average Bonchev–Trinajstić information content (AvgIpc) is 2.59. The Morgan fingerprint density at radius 2 is 1.92 bits per heavy atom. The van der Waals surface area contributed by atoms with Crippen molar-refractivity contribution in [3.8, 4) is 0 Å². The summed E-state index contributed by atoms with van der Waals surface area (Å²) < 4.78 is 29.3. The van der Waals surface area contributed by atoms with Gasteiger partial charge in [-0.05, 0) is 42.8 Å². The molecule has 2 aromatic rings. The summed E-state index contributed by atoms with van der Waals surface area (Å²) in [5, 5.41) is 2.52. The number of nitrogens with one attached hydrogen (secondary N) is 1. The molecule has 4 nitrogen and oxygen atoms in total. The first-order valence-corrected chi connectivity index (χ1v) is 8.56. The Hall–Kier alpha value is -2.67. The Balaban J connectivity index is 1.78. The van der Waals surface area contributed by atoms with E-state index in [1.807, 2.05) is 31.2 Å². The Morgan fingerprint density at radius 3 is 2.58 bits per heavy atom. The summed E-state index contributed by atoms with van der Waals surface area (Å²) in [7, 11) is 0. The molecule has 1 amide bonds. The van der Waals surface area contributed by atoms with E-state index in [0.717, 1.165) is 11.1 Å². The second kappa shape index (κ2) is 9.72. The van der Waals surface area contributed by atoms with Gasteiger partial charge >= 0.3 is 5.97 Å². The average molecular weight is 377 g/mol. The zero-order chi connectivity index (χ0) is 18.9. The van der Waals surface area contributed by atoms with Crippen LogP contribution in [0.4, 0.5) is 14.5 Å². The third kappa shape index (κ3) is 7.06. The number of hydrogen-bond acceptors (Lipinski definition) is 4. The molecule has 7 heteroatoms. The first kappa shape index (κ1) is 19.7. The van der Waals surface area contributed by atoms with Crippen LogP contribution >= 0.6 is 11.8 Å². The number of hydrogen-bond donors (Lipinski definition) is 1. The van der Waals surface area contributed by atoms with Crippen LogP contribution in [0.15, 0.2) is 59.5 Å². The standard InChI is InChI=1S/C19H17F2NO3S/c1-13-3-2-4-14(11-13)5-10-18(24)25-12-17(23)22-15-6-8-16(9-7-15)26-19(20)21/h2-11,19H,12H2,1H3,(H,22,23)/b10-5+. The van der Waals surface area contributed by atoms with Crippen LogP contribution in [0.2, 0.25) is 0 Å². The minimum absolute atomic E-state index is 0.394. The van der Waals surface area contributed by atoms with Crippen molar-refractivity contribution in [1.82, 2.24) is 0 Å². The zero-order valence-electron chi connectivity index (χ0n) is 13.9. The van der Waals surface area contributed by atoms with Gasteiger partial charge in [-0.1, -0.05) is 41.6 Å². The number of carbonyl (C=O) groups excluding carboxylic acids is 2. The minimum atomic E-state index is -2.50. The summed E-state index contributed by atoms with van der Waals surface area (Å²) in [4.78, 5) is 23.8. The van der Waals surface area contributed by atoms with E-state index in [0.29, 0.717) is 22.3 Å². The zero-order valence-corrected chi connectivity index (χ0v) is 14.8. The lowest BCUT2D eigenvalue weighted by molar-refractivity contribution is -0.142. The molecule has 0 aliphatic rings. The fourth-order valence-electron chi connectivity index (χ4n) is 2.04. The van der Waals surface area contributed by atoms with E-state index >= 15 is 0 Å². The van der Waals surface area contributed by atoms with Crippen LogP contribution < -0.4 is 5.32 Å². The molecule has 0 bridgehead atoms. The Labute approximate surface area is 154 Å². The maximum absolute atomic E-state index is 12.2. The van der Waals surface area contributed by atoms with Crippen LogP contribution in [0.25, 0.3) is 6.08 Å². The maximum atomic E-state index is 12.2. The first-order chi connectivity index (χ1) is 12.4. The van der Waals surface area contributed by atoms with Crippen molar-refractivity contribution in [2.75, 3.05) is 11.9 Å². The van der Waals surface area contributed by atoms with Crippen molar-refractivity contribution >= 4 is 35.4 Å². The molecule has 0 aliphatic carbocycles. The van der Waals surface area contributed by atoms with E-state index in [2.05, 4.69) is 5.32 Å². The SMILES string of the molecule is Cc1cccc(/C=C/C(=O)OCC(=O)Nc2ccc(SC(F)F)cc2)c1. The third-order valence-corrected chi connectivity index (χ3v) is 3.89.